The smallest absolute Gasteiger partial charge is 0.308 e. The van der Waals surface area contributed by atoms with Crippen LogP contribution in [-0.2, 0) is 4.79 Å². The normalized spacial score (nSPS) is 29.3. The van der Waals surface area contributed by atoms with Crippen LogP contribution in [0.25, 0.3) is 0 Å². The number of carboxylic acid groups (broad SMARTS) is 1. The first kappa shape index (κ1) is 10.9. The first-order valence-corrected chi connectivity index (χ1v) is 5.81. The molecule has 2 atom stereocenters. The lowest BCUT2D eigenvalue weighted by Crippen LogP contribution is -2.36. The van der Waals surface area contributed by atoms with Crippen molar-refractivity contribution in [2.24, 2.45) is 11.8 Å². The van der Waals surface area contributed by atoms with Crippen molar-refractivity contribution in [2.75, 3.05) is 26.7 Å². The van der Waals surface area contributed by atoms with Gasteiger partial charge in [0, 0.05) is 19.1 Å². The van der Waals surface area contributed by atoms with Crippen molar-refractivity contribution >= 4 is 5.97 Å². The SMILES string of the molecule is CN1CCC(C(CNC2CC2)C(=O)O)C1. The highest BCUT2D eigenvalue weighted by atomic mass is 16.4. The van der Waals surface area contributed by atoms with Crippen LogP contribution in [0.4, 0.5) is 0 Å². The lowest BCUT2D eigenvalue weighted by Gasteiger charge is -2.19. The van der Waals surface area contributed by atoms with Gasteiger partial charge in [-0.1, -0.05) is 0 Å². The van der Waals surface area contributed by atoms with Gasteiger partial charge < -0.3 is 15.3 Å². The molecule has 1 aliphatic heterocycles. The molecule has 1 aliphatic carbocycles. The van der Waals surface area contributed by atoms with E-state index in [1.807, 2.05) is 0 Å². The van der Waals surface area contributed by atoms with E-state index in [1.54, 1.807) is 0 Å². The molecule has 4 nitrogen and oxygen atoms in total. The Bertz CT molecular complexity index is 241. The third-order valence-corrected chi connectivity index (χ3v) is 3.52. The van der Waals surface area contributed by atoms with Crippen LogP contribution in [-0.4, -0.2) is 48.7 Å². The predicted octanol–water partition coefficient (Wildman–Crippen LogP) is 0.391. The summed E-state index contributed by atoms with van der Waals surface area (Å²) >= 11 is 0. The van der Waals surface area contributed by atoms with Gasteiger partial charge in [-0.15, -0.1) is 0 Å². The third kappa shape index (κ3) is 2.92. The molecule has 2 aliphatic rings. The quantitative estimate of drug-likeness (QED) is 0.692. The van der Waals surface area contributed by atoms with Crippen molar-refractivity contribution in [1.82, 2.24) is 10.2 Å². The fourth-order valence-electron chi connectivity index (χ4n) is 2.33. The van der Waals surface area contributed by atoms with Crippen LogP contribution in [0.2, 0.25) is 0 Å². The van der Waals surface area contributed by atoms with Crippen LogP contribution in [0.1, 0.15) is 19.3 Å². The average molecular weight is 212 g/mol. The second-order valence-corrected chi connectivity index (χ2v) is 4.94. The standard InChI is InChI=1S/C11H20N2O2/c1-13-5-4-8(7-13)10(11(14)15)6-12-9-2-3-9/h8-10,12H,2-7H2,1H3,(H,14,15). The van der Waals surface area contributed by atoms with Crippen molar-refractivity contribution in [3.63, 3.8) is 0 Å². The molecule has 2 rings (SSSR count). The number of hydrogen-bond donors (Lipinski definition) is 2. The molecule has 0 radical (unpaired) electrons. The highest BCUT2D eigenvalue weighted by Gasteiger charge is 2.33. The summed E-state index contributed by atoms with van der Waals surface area (Å²) in [7, 11) is 2.06. The predicted molar refractivity (Wildman–Crippen MR) is 57.8 cm³/mol. The van der Waals surface area contributed by atoms with Crippen LogP contribution in [0.5, 0.6) is 0 Å². The maximum Gasteiger partial charge on any atom is 0.308 e. The van der Waals surface area contributed by atoms with Gasteiger partial charge in [-0.3, -0.25) is 4.79 Å². The third-order valence-electron chi connectivity index (χ3n) is 3.52. The molecular weight excluding hydrogens is 192 g/mol. The second kappa shape index (κ2) is 4.49. The van der Waals surface area contributed by atoms with Crippen molar-refractivity contribution < 1.29 is 9.90 Å². The van der Waals surface area contributed by atoms with E-state index in [-0.39, 0.29) is 5.92 Å². The molecule has 2 unspecified atom stereocenters. The molecule has 15 heavy (non-hydrogen) atoms. The zero-order chi connectivity index (χ0) is 10.8. The Kier molecular flexibility index (Phi) is 3.26. The zero-order valence-electron chi connectivity index (χ0n) is 9.28. The van der Waals surface area contributed by atoms with Gasteiger partial charge in [0.1, 0.15) is 0 Å². The van der Waals surface area contributed by atoms with Gasteiger partial charge in [0.2, 0.25) is 0 Å². The number of aliphatic carboxylic acids is 1. The summed E-state index contributed by atoms with van der Waals surface area (Å²) in [6.07, 6.45) is 3.47. The maximum absolute atomic E-state index is 11.2. The molecule has 0 aromatic carbocycles. The number of carbonyl (C=O) groups is 1. The Hall–Kier alpha value is -0.610. The van der Waals surface area contributed by atoms with Crippen LogP contribution < -0.4 is 5.32 Å². The number of nitrogens with one attached hydrogen (secondary N) is 1. The maximum atomic E-state index is 11.2. The van der Waals surface area contributed by atoms with Gasteiger partial charge in [-0.25, -0.2) is 0 Å². The van der Waals surface area contributed by atoms with Gasteiger partial charge in [-0.05, 0) is 38.8 Å². The molecule has 1 heterocycles. The van der Waals surface area contributed by atoms with Crippen molar-refractivity contribution in [3.05, 3.63) is 0 Å². The lowest BCUT2D eigenvalue weighted by atomic mass is 9.91. The van der Waals surface area contributed by atoms with Gasteiger partial charge in [0.05, 0.1) is 5.92 Å². The van der Waals surface area contributed by atoms with Crippen LogP contribution in [0.3, 0.4) is 0 Å². The Morgan fingerprint density at radius 1 is 1.53 bits per heavy atom. The highest BCUT2D eigenvalue weighted by molar-refractivity contribution is 5.70. The Balaban J connectivity index is 1.83. The Labute approximate surface area is 90.6 Å². The summed E-state index contributed by atoms with van der Waals surface area (Å²) in [5, 5.41) is 12.5. The molecule has 4 heteroatoms. The summed E-state index contributed by atoms with van der Waals surface area (Å²) in [4.78, 5) is 13.4. The van der Waals surface area contributed by atoms with E-state index >= 15 is 0 Å². The first-order chi connectivity index (χ1) is 7.16. The van der Waals surface area contributed by atoms with E-state index in [9.17, 15) is 9.90 Å². The van der Waals surface area contributed by atoms with Crippen LogP contribution in [0, 0.1) is 11.8 Å². The number of carboxylic acids is 1. The van der Waals surface area contributed by atoms with E-state index in [1.165, 1.54) is 12.8 Å². The monoisotopic (exact) mass is 212 g/mol. The van der Waals surface area contributed by atoms with Crippen LogP contribution in [0.15, 0.2) is 0 Å². The van der Waals surface area contributed by atoms with Gasteiger partial charge in [0.15, 0.2) is 0 Å². The lowest BCUT2D eigenvalue weighted by molar-refractivity contribution is -0.143. The molecule has 86 valence electrons. The summed E-state index contributed by atoms with van der Waals surface area (Å²) in [6, 6.07) is 0.603. The molecule has 0 spiro atoms. The first-order valence-electron chi connectivity index (χ1n) is 5.81. The van der Waals surface area contributed by atoms with E-state index < -0.39 is 5.97 Å². The van der Waals surface area contributed by atoms with Crippen molar-refractivity contribution in [1.29, 1.82) is 0 Å². The Morgan fingerprint density at radius 2 is 2.27 bits per heavy atom. The number of nitrogens with zero attached hydrogens (tertiary/aromatic N) is 1. The van der Waals surface area contributed by atoms with Gasteiger partial charge in [-0.2, -0.15) is 0 Å². The summed E-state index contributed by atoms with van der Waals surface area (Å²) in [6.45, 7) is 2.62. The number of hydrogen-bond acceptors (Lipinski definition) is 3. The van der Waals surface area contributed by atoms with E-state index in [2.05, 4.69) is 17.3 Å². The van der Waals surface area contributed by atoms with E-state index in [0.29, 0.717) is 18.5 Å². The summed E-state index contributed by atoms with van der Waals surface area (Å²) in [5.41, 5.74) is 0. The fraction of sp³-hybridized carbons (Fsp3) is 0.909. The van der Waals surface area contributed by atoms with Gasteiger partial charge in [0.25, 0.3) is 0 Å². The largest absolute Gasteiger partial charge is 0.481 e. The molecular formula is C11H20N2O2. The van der Waals surface area contributed by atoms with E-state index in [0.717, 1.165) is 19.5 Å². The highest BCUT2D eigenvalue weighted by Crippen LogP contribution is 2.25. The minimum absolute atomic E-state index is 0.199. The number of rotatable bonds is 5. The molecule has 0 bridgehead atoms. The average Bonchev–Trinajstić information content (AvgIpc) is 2.89. The molecule has 0 amide bonds. The van der Waals surface area contributed by atoms with Crippen molar-refractivity contribution in [3.8, 4) is 0 Å². The summed E-state index contributed by atoms with van der Waals surface area (Å²) in [5.74, 6) is -0.502. The second-order valence-electron chi connectivity index (χ2n) is 4.94. The molecule has 1 saturated heterocycles. The van der Waals surface area contributed by atoms with E-state index in [4.69, 9.17) is 0 Å². The summed E-state index contributed by atoms with van der Waals surface area (Å²) < 4.78 is 0. The molecule has 1 saturated carbocycles. The molecule has 0 aromatic rings. The molecule has 2 N–H and O–H groups in total. The minimum atomic E-state index is -0.636. The fourth-order valence-corrected chi connectivity index (χ4v) is 2.33. The van der Waals surface area contributed by atoms with Gasteiger partial charge >= 0.3 is 5.97 Å². The molecule has 2 fully saturated rings. The zero-order valence-corrected chi connectivity index (χ0v) is 9.28. The Morgan fingerprint density at radius 3 is 2.73 bits per heavy atom. The van der Waals surface area contributed by atoms with Crippen LogP contribution >= 0.6 is 0 Å². The number of likely N-dealkylation sites (tertiary alicyclic amines) is 1. The van der Waals surface area contributed by atoms with Crippen molar-refractivity contribution in [2.45, 2.75) is 25.3 Å². The topological polar surface area (TPSA) is 52.6 Å². The minimum Gasteiger partial charge on any atom is -0.481 e. The molecule has 0 aromatic heterocycles.